The molecule has 1 aromatic carbocycles. The number of unbranched alkanes of at least 4 members (excludes halogenated alkanes) is 1. The number of esters is 2. The van der Waals surface area contributed by atoms with Gasteiger partial charge in [0.1, 0.15) is 11.5 Å². The molecule has 5 nitrogen and oxygen atoms in total. The number of carbonyl (C=O) groups excluding carboxylic acids is 2. The molecule has 5 heteroatoms. The average Bonchev–Trinajstić information content (AvgIpc) is 2.43. The fourth-order valence-electron chi connectivity index (χ4n) is 1.40. The van der Waals surface area contributed by atoms with Crippen LogP contribution in [0.1, 0.15) is 19.8 Å². The molecule has 1 aromatic rings. The summed E-state index contributed by atoms with van der Waals surface area (Å²) >= 11 is 0. The number of hydrogen-bond acceptors (Lipinski definition) is 5. The van der Waals surface area contributed by atoms with Crippen molar-refractivity contribution >= 4 is 11.9 Å². The van der Waals surface area contributed by atoms with E-state index >= 15 is 0 Å². The Kier molecular flexibility index (Phi) is 6.89. The van der Waals surface area contributed by atoms with Gasteiger partial charge in [-0.15, -0.1) is 0 Å². The zero-order valence-corrected chi connectivity index (χ0v) is 11.5. The largest absolute Gasteiger partial charge is 0.494 e. The monoisotopic (exact) mass is 278 g/mol. The van der Waals surface area contributed by atoms with Crippen LogP contribution in [0.3, 0.4) is 0 Å². The summed E-state index contributed by atoms with van der Waals surface area (Å²) in [5.74, 6) is 0.421. The topological polar surface area (TPSA) is 61.8 Å². The SMILES string of the molecule is C=CC(=O)OCCCCOc1ccc(OC(C)=O)cc1. The van der Waals surface area contributed by atoms with Crippen molar-refractivity contribution in [2.75, 3.05) is 13.2 Å². The third-order valence-electron chi connectivity index (χ3n) is 2.30. The molecule has 0 unspecified atom stereocenters. The highest BCUT2D eigenvalue weighted by Gasteiger charge is 1.99. The van der Waals surface area contributed by atoms with Crippen molar-refractivity contribution in [3.63, 3.8) is 0 Å². The Morgan fingerprint density at radius 1 is 1.10 bits per heavy atom. The van der Waals surface area contributed by atoms with E-state index in [1.54, 1.807) is 24.3 Å². The van der Waals surface area contributed by atoms with Crippen LogP contribution in [0.25, 0.3) is 0 Å². The van der Waals surface area contributed by atoms with Gasteiger partial charge in [0.15, 0.2) is 0 Å². The minimum absolute atomic E-state index is 0.354. The second-order valence-corrected chi connectivity index (χ2v) is 3.99. The minimum Gasteiger partial charge on any atom is -0.494 e. The Hall–Kier alpha value is -2.30. The molecule has 0 aromatic heterocycles. The molecule has 0 saturated heterocycles. The maximum Gasteiger partial charge on any atom is 0.330 e. The smallest absolute Gasteiger partial charge is 0.330 e. The van der Waals surface area contributed by atoms with E-state index in [9.17, 15) is 9.59 Å². The molecule has 0 spiro atoms. The first kappa shape index (κ1) is 15.8. The molecular formula is C15H18O5. The van der Waals surface area contributed by atoms with Crippen LogP contribution >= 0.6 is 0 Å². The van der Waals surface area contributed by atoms with E-state index < -0.39 is 5.97 Å². The fourth-order valence-corrected chi connectivity index (χ4v) is 1.40. The number of rotatable bonds is 8. The van der Waals surface area contributed by atoms with Gasteiger partial charge in [-0.25, -0.2) is 4.79 Å². The van der Waals surface area contributed by atoms with E-state index in [1.807, 2.05) is 0 Å². The van der Waals surface area contributed by atoms with Gasteiger partial charge >= 0.3 is 11.9 Å². The van der Waals surface area contributed by atoms with Gasteiger partial charge in [-0.3, -0.25) is 4.79 Å². The molecule has 0 N–H and O–H groups in total. The molecule has 0 aliphatic carbocycles. The molecule has 0 bridgehead atoms. The molecule has 1 rings (SSSR count). The normalized spacial score (nSPS) is 9.65. The molecule has 0 fully saturated rings. The molecule has 108 valence electrons. The third-order valence-corrected chi connectivity index (χ3v) is 2.30. The maximum atomic E-state index is 10.8. The lowest BCUT2D eigenvalue weighted by atomic mass is 10.3. The van der Waals surface area contributed by atoms with E-state index in [4.69, 9.17) is 14.2 Å². The second-order valence-electron chi connectivity index (χ2n) is 3.99. The average molecular weight is 278 g/mol. The van der Waals surface area contributed by atoms with Crippen LogP contribution in [-0.2, 0) is 14.3 Å². The Labute approximate surface area is 118 Å². The van der Waals surface area contributed by atoms with Gasteiger partial charge in [-0.2, -0.15) is 0 Å². The highest BCUT2D eigenvalue weighted by atomic mass is 16.5. The number of carbonyl (C=O) groups is 2. The molecule has 0 aliphatic rings. The summed E-state index contributed by atoms with van der Waals surface area (Å²) in [6.07, 6.45) is 2.64. The zero-order valence-electron chi connectivity index (χ0n) is 11.5. The summed E-state index contributed by atoms with van der Waals surface area (Å²) in [6, 6.07) is 6.80. The van der Waals surface area contributed by atoms with Crippen LogP contribution in [-0.4, -0.2) is 25.2 Å². The predicted octanol–water partition coefficient (Wildman–Crippen LogP) is 2.50. The van der Waals surface area contributed by atoms with Gasteiger partial charge in [-0.1, -0.05) is 6.58 Å². The molecule has 0 aliphatic heterocycles. The Balaban J connectivity index is 2.17. The second kappa shape index (κ2) is 8.74. The highest BCUT2D eigenvalue weighted by molar-refractivity contribution is 5.81. The van der Waals surface area contributed by atoms with Crippen molar-refractivity contribution < 1.29 is 23.8 Å². The first-order chi connectivity index (χ1) is 9.61. The van der Waals surface area contributed by atoms with E-state index in [0.717, 1.165) is 18.9 Å². The van der Waals surface area contributed by atoms with Crippen LogP contribution in [0.5, 0.6) is 11.5 Å². The standard InChI is InChI=1S/C15H18O5/c1-3-15(17)19-11-5-4-10-18-13-6-8-14(9-7-13)20-12(2)16/h3,6-9H,1,4-5,10-11H2,2H3. The van der Waals surface area contributed by atoms with Gasteiger partial charge < -0.3 is 14.2 Å². The van der Waals surface area contributed by atoms with Crippen molar-refractivity contribution in [1.82, 2.24) is 0 Å². The predicted molar refractivity (Wildman–Crippen MR) is 73.6 cm³/mol. The first-order valence-electron chi connectivity index (χ1n) is 6.32. The summed E-state index contributed by atoms with van der Waals surface area (Å²) in [7, 11) is 0. The minimum atomic E-state index is -0.410. The molecule has 0 radical (unpaired) electrons. The van der Waals surface area contributed by atoms with Crippen molar-refractivity contribution in [2.45, 2.75) is 19.8 Å². The number of benzene rings is 1. The summed E-state index contributed by atoms with van der Waals surface area (Å²) in [4.78, 5) is 21.5. The Morgan fingerprint density at radius 2 is 1.70 bits per heavy atom. The number of ether oxygens (including phenoxy) is 3. The van der Waals surface area contributed by atoms with Crippen molar-refractivity contribution in [3.05, 3.63) is 36.9 Å². The summed E-state index contributed by atoms with van der Waals surface area (Å²) in [6.45, 7) is 5.55. The molecular weight excluding hydrogens is 260 g/mol. The van der Waals surface area contributed by atoms with E-state index in [2.05, 4.69) is 6.58 Å². The summed E-state index contributed by atoms with van der Waals surface area (Å²) < 4.78 is 15.2. The van der Waals surface area contributed by atoms with Crippen LogP contribution in [0.2, 0.25) is 0 Å². The van der Waals surface area contributed by atoms with E-state index in [0.29, 0.717) is 24.7 Å². The van der Waals surface area contributed by atoms with Crippen LogP contribution in [0.15, 0.2) is 36.9 Å². The van der Waals surface area contributed by atoms with Crippen LogP contribution in [0, 0.1) is 0 Å². The maximum absolute atomic E-state index is 10.8. The fraction of sp³-hybridized carbons (Fsp3) is 0.333. The highest BCUT2D eigenvalue weighted by Crippen LogP contribution is 2.17. The van der Waals surface area contributed by atoms with Crippen molar-refractivity contribution in [1.29, 1.82) is 0 Å². The lowest BCUT2D eigenvalue weighted by molar-refractivity contribution is -0.138. The molecule has 0 saturated carbocycles. The molecule has 0 atom stereocenters. The quantitative estimate of drug-likeness (QED) is 0.316. The molecule has 20 heavy (non-hydrogen) atoms. The van der Waals surface area contributed by atoms with Crippen molar-refractivity contribution in [2.24, 2.45) is 0 Å². The lowest BCUT2D eigenvalue weighted by Gasteiger charge is -2.07. The van der Waals surface area contributed by atoms with Crippen LogP contribution < -0.4 is 9.47 Å². The Bertz CT molecular complexity index is 450. The lowest BCUT2D eigenvalue weighted by Crippen LogP contribution is -2.04. The van der Waals surface area contributed by atoms with E-state index in [-0.39, 0.29) is 5.97 Å². The Morgan fingerprint density at radius 3 is 2.30 bits per heavy atom. The van der Waals surface area contributed by atoms with Gasteiger partial charge in [0.25, 0.3) is 0 Å². The van der Waals surface area contributed by atoms with Gasteiger partial charge in [0.2, 0.25) is 0 Å². The first-order valence-corrected chi connectivity index (χ1v) is 6.32. The van der Waals surface area contributed by atoms with Crippen molar-refractivity contribution in [3.8, 4) is 11.5 Å². The van der Waals surface area contributed by atoms with E-state index in [1.165, 1.54) is 6.92 Å². The summed E-state index contributed by atoms with van der Waals surface area (Å²) in [5.41, 5.74) is 0. The van der Waals surface area contributed by atoms with Gasteiger partial charge in [0.05, 0.1) is 13.2 Å². The van der Waals surface area contributed by atoms with Crippen LogP contribution in [0.4, 0.5) is 0 Å². The third kappa shape index (κ3) is 6.58. The molecule has 0 amide bonds. The summed E-state index contributed by atoms with van der Waals surface area (Å²) in [5, 5.41) is 0. The number of hydrogen-bond donors (Lipinski definition) is 0. The van der Waals surface area contributed by atoms with Gasteiger partial charge in [0, 0.05) is 13.0 Å². The zero-order chi connectivity index (χ0) is 14.8. The van der Waals surface area contributed by atoms with Gasteiger partial charge in [-0.05, 0) is 37.1 Å². The molecule has 0 heterocycles.